The van der Waals surface area contributed by atoms with Crippen LogP contribution in [0.1, 0.15) is 73.6 Å². The van der Waals surface area contributed by atoms with Gasteiger partial charge in [-0.05, 0) is 31.1 Å². The molecule has 118 valence electrons. The highest BCUT2D eigenvalue weighted by atomic mass is 15.3. The highest BCUT2D eigenvalue weighted by molar-refractivity contribution is 5.02. The smallest absolute Gasteiger partial charge is 0.0309 e. The van der Waals surface area contributed by atoms with E-state index in [2.05, 4.69) is 51.8 Å². The molecule has 0 radical (unpaired) electrons. The fraction of sp³-hybridized carbons (Fsp3) is 1.00. The van der Waals surface area contributed by atoms with Crippen LogP contribution >= 0.6 is 0 Å². The van der Waals surface area contributed by atoms with Gasteiger partial charge in [0.05, 0.1) is 0 Å². The summed E-state index contributed by atoms with van der Waals surface area (Å²) in [6.45, 7) is 16.8. The van der Waals surface area contributed by atoms with Gasteiger partial charge in [-0.25, -0.2) is 0 Å². The van der Waals surface area contributed by atoms with E-state index in [-0.39, 0.29) is 0 Å². The van der Waals surface area contributed by atoms with Crippen LogP contribution in [0.3, 0.4) is 0 Å². The van der Waals surface area contributed by atoms with Crippen molar-refractivity contribution in [3.05, 3.63) is 0 Å². The van der Waals surface area contributed by atoms with Crippen molar-refractivity contribution in [2.24, 2.45) is 11.3 Å². The van der Waals surface area contributed by atoms with Gasteiger partial charge in [0.2, 0.25) is 0 Å². The van der Waals surface area contributed by atoms with Crippen molar-refractivity contribution in [2.45, 2.75) is 91.3 Å². The fourth-order valence-electron chi connectivity index (χ4n) is 4.06. The molecule has 1 saturated carbocycles. The number of rotatable bonds is 2. The Labute approximate surface area is 126 Å². The minimum Gasteiger partial charge on any atom is -0.308 e. The summed E-state index contributed by atoms with van der Waals surface area (Å²) in [5.41, 5.74) is 0.781. The summed E-state index contributed by atoms with van der Waals surface area (Å²) in [5, 5.41) is 3.96. The summed E-state index contributed by atoms with van der Waals surface area (Å²) in [5.74, 6) is 0.730. The van der Waals surface area contributed by atoms with E-state index < -0.39 is 0 Å². The highest BCUT2D eigenvalue weighted by Crippen LogP contribution is 2.36. The quantitative estimate of drug-likeness (QED) is 0.821. The van der Waals surface area contributed by atoms with E-state index in [0.29, 0.717) is 23.0 Å². The zero-order chi connectivity index (χ0) is 15.0. The number of nitrogens with one attached hydrogen (secondary N) is 1. The molecule has 0 aromatic carbocycles. The Morgan fingerprint density at radius 1 is 1.05 bits per heavy atom. The highest BCUT2D eigenvalue weighted by Gasteiger charge is 2.43. The molecule has 2 nitrogen and oxygen atoms in total. The molecule has 2 unspecified atom stereocenters. The van der Waals surface area contributed by atoms with Gasteiger partial charge >= 0.3 is 0 Å². The van der Waals surface area contributed by atoms with Crippen LogP contribution in [0.2, 0.25) is 0 Å². The molecule has 2 atom stereocenters. The molecule has 2 fully saturated rings. The number of hydrogen-bond donors (Lipinski definition) is 1. The largest absolute Gasteiger partial charge is 0.308 e. The Bertz CT molecular complexity index is 308. The third-order valence-electron chi connectivity index (χ3n) is 5.93. The van der Waals surface area contributed by atoms with E-state index in [9.17, 15) is 0 Å². The van der Waals surface area contributed by atoms with Crippen LogP contribution in [0.5, 0.6) is 0 Å². The zero-order valence-electron chi connectivity index (χ0n) is 14.6. The lowest BCUT2D eigenvalue weighted by Crippen LogP contribution is -2.68. The molecule has 0 aromatic heterocycles. The second-order valence-corrected chi connectivity index (χ2v) is 8.75. The van der Waals surface area contributed by atoms with Crippen LogP contribution < -0.4 is 5.32 Å². The van der Waals surface area contributed by atoms with Gasteiger partial charge in [-0.15, -0.1) is 0 Å². The lowest BCUT2D eigenvalue weighted by atomic mass is 9.76. The molecule has 1 spiro atoms. The summed E-state index contributed by atoms with van der Waals surface area (Å²) in [7, 11) is 0. The van der Waals surface area contributed by atoms with E-state index in [1.54, 1.807) is 0 Å². The van der Waals surface area contributed by atoms with Crippen molar-refractivity contribution in [3.8, 4) is 0 Å². The van der Waals surface area contributed by atoms with Crippen molar-refractivity contribution in [1.29, 1.82) is 0 Å². The van der Waals surface area contributed by atoms with Gasteiger partial charge in [-0.3, -0.25) is 4.90 Å². The van der Waals surface area contributed by atoms with Gasteiger partial charge < -0.3 is 5.32 Å². The number of nitrogens with zero attached hydrogens (tertiary/aromatic N) is 1. The molecule has 1 N–H and O–H groups in total. The van der Waals surface area contributed by atoms with E-state index in [1.165, 1.54) is 45.2 Å². The summed E-state index contributed by atoms with van der Waals surface area (Å²) >= 11 is 0. The lowest BCUT2D eigenvalue weighted by molar-refractivity contribution is -0.0206. The third-order valence-corrected chi connectivity index (χ3v) is 5.93. The van der Waals surface area contributed by atoms with Crippen LogP contribution in [-0.2, 0) is 0 Å². The van der Waals surface area contributed by atoms with Crippen LogP contribution in [0.4, 0.5) is 0 Å². The fourth-order valence-corrected chi connectivity index (χ4v) is 4.06. The lowest BCUT2D eigenvalue weighted by Gasteiger charge is -2.55. The predicted molar refractivity (Wildman–Crippen MR) is 88.1 cm³/mol. The predicted octanol–water partition coefficient (Wildman–Crippen LogP) is 4.05. The molecule has 2 aliphatic rings. The molecule has 1 heterocycles. The number of hydrogen-bond acceptors (Lipinski definition) is 2. The van der Waals surface area contributed by atoms with Gasteiger partial charge in [-0.2, -0.15) is 0 Å². The molecule has 1 aliphatic heterocycles. The van der Waals surface area contributed by atoms with E-state index >= 15 is 0 Å². The molecule has 1 aliphatic carbocycles. The van der Waals surface area contributed by atoms with Gasteiger partial charge in [0, 0.05) is 30.7 Å². The van der Waals surface area contributed by atoms with Crippen molar-refractivity contribution in [3.63, 3.8) is 0 Å². The van der Waals surface area contributed by atoms with E-state index in [1.807, 2.05) is 0 Å². The maximum absolute atomic E-state index is 3.96. The van der Waals surface area contributed by atoms with Crippen molar-refractivity contribution in [1.82, 2.24) is 10.2 Å². The Balaban J connectivity index is 2.17. The Morgan fingerprint density at radius 3 is 2.15 bits per heavy atom. The van der Waals surface area contributed by atoms with Crippen LogP contribution in [0.25, 0.3) is 0 Å². The molecule has 1 saturated heterocycles. The molecule has 0 amide bonds. The van der Waals surface area contributed by atoms with Gasteiger partial charge in [0.25, 0.3) is 0 Å². The first-order chi connectivity index (χ1) is 9.25. The third kappa shape index (κ3) is 3.39. The van der Waals surface area contributed by atoms with Crippen LogP contribution in [0, 0.1) is 11.3 Å². The average Bonchev–Trinajstić information content (AvgIpc) is 2.37. The minimum absolute atomic E-state index is 0.361. The van der Waals surface area contributed by atoms with Crippen molar-refractivity contribution < 1.29 is 0 Å². The first-order valence-corrected chi connectivity index (χ1v) is 8.76. The standard InChI is InChI=1S/C18H36N2/c1-14(2)16-12-19-18(10-8-7-9-11-18)13-20(16)15(3)17(4,5)6/h14-16,19H,7-13H2,1-6H3. The van der Waals surface area contributed by atoms with Crippen LogP contribution in [-0.4, -0.2) is 35.6 Å². The second kappa shape index (κ2) is 5.96. The molecule has 0 aromatic rings. The molecule has 2 heteroatoms. The summed E-state index contributed by atoms with van der Waals surface area (Å²) in [6, 6.07) is 1.34. The SMILES string of the molecule is CC(C)C1CNC2(CCCCC2)CN1C(C)C(C)(C)C. The first kappa shape index (κ1) is 16.3. The molecule has 20 heavy (non-hydrogen) atoms. The Hall–Kier alpha value is -0.0800. The monoisotopic (exact) mass is 280 g/mol. The average molecular weight is 280 g/mol. The molecule has 2 rings (SSSR count). The number of piperazine rings is 1. The van der Waals surface area contributed by atoms with Gasteiger partial charge in [0.1, 0.15) is 0 Å². The molecular formula is C18H36N2. The maximum atomic E-state index is 3.96. The zero-order valence-corrected chi connectivity index (χ0v) is 14.6. The minimum atomic E-state index is 0.361. The topological polar surface area (TPSA) is 15.3 Å². The Kier molecular flexibility index (Phi) is 4.86. The van der Waals surface area contributed by atoms with E-state index in [0.717, 1.165) is 5.92 Å². The second-order valence-electron chi connectivity index (χ2n) is 8.75. The summed E-state index contributed by atoms with van der Waals surface area (Å²) in [4.78, 5) is 2.84. The Morgan fingerprint density at radius 2 is 1.65 bits per heavy atom. The summed E-state index contributed by atoms with van der Waals surface area (Å²) in [6.07, 6.45) is 7.02. The maximum Gasteiger partial charge on any atom is 0.0309 e. The van der Waals surface area contributed by atoms with Crippen molar-refractivity contribution in [2.75, 3.05) is 13.1 Å². The van der Waals surface area contributed by atoms with Crippen molar-refractivity contribution >= 4 is 0 Å². The first-order valence-electron chi connectivity index (χ1n) is 8.76. The van der Waals surface area contributed by atoms with Gasteiger partial charge in [-0.1, -0.05) is 53.9 Å². The van der Waals surface area contributed by atoms with Crippen LogP contribution in [0.15, 0.2) is 0 Å². The van der Waals surface area contributed by atoms with E-state index in [4.69, 9.17) is 0 Å². The normalized spacial score (nSPS) is 29.9. The van der Waals surface area contributed by atoms with Gasteiger partial charge in [0.15, 0.2) is 0 Å². The molecular weight excluding hydrogens is 244 g/mol. The summed E-state index contributed by atoms with van der Waals surface area (Å²) < 4.78 is 0. The molecule has 0 bridgehead atoms.